The fraction of sp³-hybridized carbons (Fsp3) is 0.889. The fourth-order valence-electron chi connectivity index (χ4n) is 2.01. The smallest absolute Gasteiger partial charge is 0.234 e. The van der Waals surface area contributed by atoms with Gasteiger partial charge < -0.3 is 11.1 Å². The zero-order valence-corrected chi connectivity index (χ0v) is 7.68. The maximum absolute atomic E-state index is 11.0. The number of carbonyl (C=O) groups excluding carboxylic acids is 1. The molecular formula is C9H18N2O. The SMILES string of the molecule is CCN[C@H](C(N)=O)C1CCCC1. The summed E-state index contributed by atoms with van der Waals surface area (Å²) in [5.74, 6) is 0.297. The van der Waals surface area contributed by atoms with E-state index in [1.54, 1.807) is 0 Å². The second kappa shape index (κ2) is 4.45. The zero-order valence-electron chi connectivity index (χ0n) is 7.68. The number of rotatable bonds is 4. The first-order valence-corrected chi connectivity index (χ1v) is 4.78. The molecule has 12 heavy (non-hydrogen) atoms. The molecule has 1 aliphatic carbocycles. The molecule has 1 atom stereocenters. The van der Waals surface area contributed by atoms with Crippen molar-refractivity contribution in [3.63, 3.8) is 0 Å². The van der Waals surface area contributed by atoms with Crippen LogP contribution in [-0.2, 0) is 4.79 Å². The third kappa shape index (κ3) is 2.21. The summed E-state index contributed by atoms with van der Waals surface area (Å²) in [7, 11) is 0. The molecule has 1 aliphatic rings. The van der Waals surface area contributed by atoms with Gasteiger partial charge in [0.1, 0.15) is 0 Å². The Kier molecular flexibility index (Phi) is 3.53. The average molecular weight is 170 g/mol. The van der Waals surface area contributed by atoms with E-state index < -0.39 is 0 Å². The third-order valence-corrected chi connectivity index (χ3v) is 2.60. The summed E-state index contributed by atoms with van der Waals surface area (Å²) in [5, 5.41) is 3.15. The van der Waals surface area contributed by atoms with Gasteiger partial charge in [-0.2, -0.15) is 0 Å². The molecule has 0 spiro atoms. The van der Waals surface area contributed by atoms with Crippen LogP contribution in [0.1, 0.15) is 32.6 Å². The summed E-state index contributed by atoms with van der Waals surface area (Å²) in [6, 6.07) is -0.0856. The number of carbonyl (C=O) groups is 1. The molecule has 0 bridgehead atoms. The van der Waals surface area contributed by atoms with Gasteiger partial charge in [0.2, 0.25) is 5.91 Å². The minimum Gasteiger partial charge on any atom is -0.368 e. The van der Waals surface area contributed by atoms with Crippen molar-refractivity contribution < 1.29 is 4.79 Å². The number of hydrogen-bond donors (Lipinski definition) is 2. The maximum Gasteiger partial charge on any atom is 0.234 e. The Morgan fingerprint density at radius 2 is 2.17 bits per heavy atom. The van der Waals surface area contributed by atoms with Crippen LogP contribution in [0.5, 0.6) is 0 Å². The van der Waals surface area contributed by atoms with Crippen LogP contribution in [0.4, 0.5) is 0 Å². The standard InChI is InChI=1S/C9H18N2O/c1-2-11-8(9(10)12)7-5-3-4-6-7/h7-8,11H,2-6H2,1H3,(H2,10,12)/t8-/m0/s1. The largest absolute Gasteiger partial charge is 0.368 e. The first kappa shape index (κ1) is 9.52. The summed E-state index contributed by atoms with van der Waals surface area (Å²) < 4.78 is 0. The van der Waals surface area contributed by atoms with Gasteiger partial charge in [0, 0.05) is 0 Å². The van der Waals surface area contributed by atoms with Gasteiger partial charge in [-0.25, -0.2) is 0 Å². The normalized spacial score (nSPS) is 21.1. The first-order chi connectivity index (χ1) is 5.75. The molecule has 1 fully saturated rings. The van der Waals surface area contributed by atoms with E-state index >= 15 is 0 Å². The highest BCUT2D eigenvalue weighted by atomic mass is 16.1. The van der Waals surface area contributed by atoms with Crippen LogP contribution in [-0.4, -0.2) is 18.5 Å². The van der Waals surface area contributed by atoms with Crippen LogP contribution in [0.15, 0.2) is 0 Å². The van der Waals surface area contributed by atoms with Gasteiger partial charge in [-0.05, 0) is 25.3 Å². The third-order valence-electron chi connectivity index (χ3n) is 2.60. The van der Waals surface area contributed by atoms with Crippen LogP contribution < -0.4 is 11.1 Å². The molecule has 1 saturated carbocycles. The van der Waals surface area contributed by atoms with Crippen molar-refractivity contribution in [1.29, 1.82) is 0 Å². The van der Waals surface area contributed by atoms with Crippen LogP contribution in [0.2, 0.25) is 0 Å². The lowest BCUT2D eigenvalue weighted by atomic mass is 9.98. The predicted octanol–water partition coefficient (Wildman–Crippen LogP) is 0.640. The topological polar surface area (TPSA) is 55.1 Å². The van der Waals surface area contributed by atoms with Gasteiger partial charge >= 0.3 is 0 Å². The molecule has 0 heterocycles. The fourth-order valence-corrected chi connectivity index (χ4v) is 2.01. The van der Waals surface area contributed by atoms with Crippen LogP contribution in [0, 0.1) is 5.92 Å². The van der Waals surface area contributed by atoms with Gasteiger partial charge in [0.25, 0.3) is 0 Å². The highest BCUT2D eigenvalue weighted by Gasteiger charge is 2.27. The van der Waals surface area contributed by atoms with Gasteiger partial charge in [-0.15, -0.1) is 0 Å². The number of nitrogens with two attached hydrogens (primary N) is 1. The van der Waals surface area contributed by atoms with Crippen molar-refractivity contribution in [2.24, 2.45) is 11.7 Å². The number of primary amides is 1. The predicted molar refractivity (Wildman–Crippen MR) is 48.6 cm³/mol. The highest BCUT2D eigenvalue weighted by molar-refractivity contribution is 5.80. The van der Waals surface area contributed by atoms with Gasteiger partial charge in [-0.3, -0.25) is 4.79 Å². The van der Waals surface area contributed by atoms with Crippen LogP contribution >= 0.6 is 0 Å². The van der Waals surface area contributed by atoms with Crippen LogP contribution in [0.3, 0.4) is 0 Å². The Bertz CT molecular complexity index is 153. The minimum atomic E-state index is -0.191. The van der Waals surface area contributed by atoms with Crippen molar-refractivity contribution in [1.82, 2.24) is 5.32 Å². The quantitative estimate of drug-likeness (QED) is 0.650. The van der Waals surface area contributed by atoms with Crippen molar-refractivity contribution in [2.45, 2.75) is 38.6 Å². The van der Waals surface area contributed by atoms with E-state index in [0.717, 1.165) is 19.4 Å². The monoisotopic (exact) mass is 170 g/mol. The lowest BCUT2D eigenvalue weighted by Gasteiger charge is -2.20. The van der Waals surface area contributed by atoms with E-state index in [2.05, 4.69) is 5.32 Å². The highest BCUT2D eigenvalue weighted by Crippen LogP contribution is 2.27. The van der Waals surface area contributed by atoms with Gasteiger partial charge in [0.05, 0.1) is 6.04 Å². The Balaban J connectivity index is 2.45. The van der Waals surface area contributed by atoms with Crippen molar-refractivity contribution in [3.05, 3.63) is 0 Å². The number of likely N-dealkylation sites (N-methyl/N-ethyl adjacent to an activating group) is 1. The Morgan fingerprint density at radius 3 is 2.58 bits per heavy atom. The molecule has 0 unspecified atom stereocenters. The second-order valence-electron chi connectivity index (χ2n) is 3.48. The molecule has 1 amide bonds. The molecule has 0 aromatic heterocycles. The van der Waals surface area contributed by atoms with Gasteiger partial charge in [-0.1, -0.05) is 19.8 Å². The Hall–Kier alpha value is -0.570. The summed E-state index contributed by atoms with van der Waals surface area (Å²) in [4.78, 5) is 11.0. The van der Waals surface area contributed by atoms with Crippen molar-refractivity contribution in [2.75, 3.05) is 6.54 Å². The molecule has 0 aliphatic heterocycles. The molecule has 3 heteroatoms. The minimum absolute atomic E-state index is 0.0856. The average Bonchev–Trinajstić information content (AvgIpc) is 2.51. The first-order valence-electron chi connectivity index (χ1n) is 4.78. The number of nitrogens with one attached hydrogen (secondary N) is 1. The van der Waals surface area contributed by atoms with E-state index in [1.165, 1.54) is 12.8 Å². The molecule has 0 saturated heterocycles. The van der Waals surface area contributed by atoms with Gasteiger partial charge in [0.15, 0.2) is 0 Å². The lowest BCUT2D eigenvalue weighted by molar-refractivity contribution is -0.121. The molecule has 0 aromatic carbocycles. The van der Waals surface area contributed by atoms with E-state index in [1.807, 2.05) is 6.92 Å². The maximum atomic E-state index is 11.0. The van der Waals surface area contributed by atoms with E-state index in [4.69, 9.17) is 5.73 Å². The summed E-state index contributed by atoms with van der Waals surface area (Å²) in [5.41, 5.74) is 5.30. The molecular weight excluding hydrogens is 152 g/mol. The molecule has 70 valence electrons. The van der Waals surface area contributed by atoms with Crippen molar-refractivity contribution >= 4 is 5.91 Å². The lowest BCUT2D eigenvalue weighted by Crippen LogP contribution is -2.45. The van der Waals surface area contributed by atoms with E-state index in [0.29, 0.717) is 5.92 Å². The molecule has 0 aromatic rings. The molecule has 0 radical (unpaired) electrons. The summed E-state index contributed by atoms with van der Waals surface area (Å²) in [6.45, 7) is 2.83. The summed E-state index contributed by atoms with van der Waals surface area (Å²) in [6.07, 6.45) is 4.81. The molecule has 3 N–H and O–H groups in total. The molecule has 3 nitrogen and oxygen atoms in total. The second-order valence-corrected chi connectivity index (χ2v) is 3.48. The van der Waals surface area contributed by atoms with Crippen molar-refractivity contribution in [3.8, 4) is 0 Å². The van der Waals surface area contributed by atoms with E-state index in [-0.39, 0.29) is 11.9 Å². The summed E-state index contributed by atoms with van der Waals surface area (Å²) >= 11 is 0. The zero-order chi connectivity index (χ0) is 8.97. The van der Waals surface area contributed by atoms with Crippen LogP contribution in [0.25, 0.3) is 0 Å². The number of amides is 1. The Labute approximate surface area is 73.7 Å². The Morgan fingerprint density at radius 1 is 1.58 bits per heavy atom. The molecule has 1 rings (SSSR count). The van der Waals surface area contributed by atoms with E-state index in [9.17, 15) is 4.79 Å². The number of hydrogen-bond acceptors (Lipinski definition) is 2.